The van der Waals surface area contributed by atoms with Crippen molar-refractivity contribution >= 4 is 39.2 Å². The number of benzene rings is 2. The Morgan fingerprint density at radius 1 is 1.13 bits per heavy atom. The maximum atomic E-state index is 12.5. The fourth-order valence-electron chi connectivity index (χ4n) is 2.80. The van der Waals surface area contributed by atoms with E-state index in [4.69, 9.17) is 21.1 Å². The maximum Gasteiger partial charge on any atom is 0.338 e. The minimum absolute atomic E-state index is 0.0252. The van der Waals surface area contributed by atoms with Crippen LogP contribution in [0.1, 0.15) is 34.3 Å². The van der Waals surface area contributed by atoms with Gasteiger partial charge in [-0.2, -0.15) is 0 Å². The number of ether oxygens (including phenoxy) is 2. The van der Waals surface area contributed by atoms with Gasteiger partial charge in [0.05, 0.1) is 23.3 Å². The van der Waals surface area contributed by atoms with Crippen molar-refractivity contribution in [1.82, 2.24) is 4.72 Å². The molecule has 3 rings (SSSR count). The number of halogens is 1. The van der Waals surface area contributed by atoms with Crippen LogP contribution in [0.15, 0.2) is 35.2 Å². The number of anilines is 1. The van der Waals surface area contributed by atoms with Gasteiger partial charge in [-0.05, 0) is 56.0 Å². The van der Waals surface area contributed by atoms with Crippen molar-refractivity contribution in [3.8, 4) is 5.75 Å². The summed E-state index contributed by atoms with van der Waals surface area (Å²) >= 11 is 6.05. The fourth-order valence-corrected chi connectivity index (χ4v) is 4.29. The minimum atomic E-state index is -3.72. The van der Waals surface area contributed by atoms with Crippen molar-refractivity contribution in [2.24, 2.45) is 0 Å². The van der Waals surface area contributed by atoms with Gasteiger partial charge in [-0.15, -0.1) is 0 Å². The van der Waals surface area contributed by atoms with E-state index in [9.17, 15) is 18.0 Å². The molecule has 2 N–H and O–H groups in total. The standard InChI is InChI=1S/C21H23ClN2O6S/c1-12-4-7-15(31(27,28)24-14-5-6-14)9-16(12)21(26)30-11-20(25)23-18-8-13(2)17(22)10-19(18)29-3/h4,7-10,14,24H,5-6,11H2,1-3H3,(H,23,25). The number of rotatable bonds is 8. The average Bonchev–Trinajstić information content (AvgIpc) is 3.52. The quantitative estimate of drug-likeness (QED) is 0.578. The highest BCUT2D eigenvalue weighted by molar-refractivity contribution is 7.89. The Morgan fingerprint density at radius 2 is 1.84 bits per heavy atom. The minimum Gasteiger partial charge on any atom is -0.495 e. The Morgan fingerprint density at radius 3 is 2.48 bits per heavy atom. The largest absolute Gasteiger partial charge is 0.495 e. The number of carbonyl (C=O) groups is 2. The van der Waals surface area contributed by atoms with Gasteiger partial charge in [0.2, 0.25) is 10.0 Å². The number of methoxy groups -OCH3 is 1. The predicted octanol–water partition coefficient (Wildman–Crippen LogP) is 3.20. The molecule has 0 unspecified atom stereocenters. The first-order chi connectivity index (χ1) is 14.6. The first-order valence-corrected chi connectivity index (χ1v) is 11.4. The maximum absolute atomic E-state index is 12.5. The lowest BCUT2D eigenvalue weighted by Gasteiger charge is -2.13. The van der Waals surface area contributed by atoms with Crippen LogP contribution in [0.25, 0.3) is 0 Å². The summed E-state index contributed by atoms with van der Waals surface area (Å²) in [5.74, 6) is -1.01. The number of hydrogen-bond donors (Lipinski definition) is 2. The lowest BCUT2D eigenvalue weighted by atomic mass is 10.1. The topological polar surface area (TPSA) is 111 Å². The summed E-state index contributed by atoms with van der Waals surface area (Å²) in [7, 11) is -2.28. The number of hydrogen-bond acceptors (Lipinski definition) is 6. The average molecular weight is 467 g/mol. The Kier molecular flexibility index (Phi) is 6.88. The zero-order valence-electron chi connectivity index (χ0n) is 17.3. The van der Waals surface area contributed by atoms with Crippen LogP contribution in [0.5, 0.6) is 5.75 Å². The molecular formula is C21H23ClN2O6S. The summed E-state index contributed by atoms with van der Waals surface area (Å²) in [4.78, 5) is 24.7. The van der Waals surface area contributed by atoms with Crippen LogP contribution < -0.4 is 14.8 Å². The van der Waals surface area contributed by atoms with Crippen molar-refractivity contribution in [2.45, 2.75) is 37.6 Å². The zero-order chi connectivity index (χ0) is 22.8. The Balaban J connectivity index is 1.67. The molecule has 1 saturated carbocycles. The van der Waals surface area contributed by atoms with Crippen LogP contribution in [0, 0.1) is 13.8 Å². The Hall–Kier alpha value is -2.62. The molecule has 0 bridgehead atoms. The van der Waals surface area contributed by atoms with Gasteiger partial charge in [0.1, 0.15) is 5.75 Å². The summed E-state index contributed by atoms with van der Waals surface area (Å²) in [6.07, 6.45) is 1.60. The Labute approximate surface area is 185 Å². The highest BCUT2D eigenvalue weighted by Crippen LogP contribution is 2.31. The molecule has 166 valence electrons. The van der Waals surface area contributed by atoms with Gasteiger partial charge in [-0.3, -0.25) is 4.79 Å². The van der Waals surface area contributed by atoms with E-state index in [1.165, 1.54) is 25.3 Å². The molecular weight excluding hydrogens is 444 g/mol. The fraction of sp³-hybridized carbons (Fsp3) is 0.333. The van der Waals surface area contributed by atoms with Crippen LogP contribution in [0.2, 0.25) is 5.02 Å². The van der Waals surface area contributed by atoms with E-state index in [1.54, 1.807) is 26.0 Å². The molecule has 31 heavy (non-hydrogen) atoms. The third kappa shape index (κ3) is 5.75. The SMILES string of the molecule is COc1cc(Cl)c(C)cc1NC(=O)COC(=O)c1cc(S(=O)(=O)NC2CC2)ccc1C. The number of amides is 1. The third-order valence-corrected chi connectivity index (χ3v) is 6.65. The molecule has 1 fully saturated rings. The van der Waals surface area contributed by atoms with Gasteiger partial charge in [0.25, 0.3) is 5.91 Å². The molecule has 2 aromatic rings. The molecule has 2 aromatic carbocycles. The second-order valence-corrected chi connectivity index (χ2v) is 9.42. The van der Waals surface area contributed by atoms with E-state index in [2.05, 4.69) is 10.0 Å². The van der Waals surface area contributed by atoms with Gasteiger partial charge in [-0.25, -0.2) is 17.9 Å². The molecule has 1 aliphatic carbocycles. The molecule has 0 radical (unpaired) electrons. The first kappa shape index (κ1) is 23.1. The van der Waals surface area contributed by atoms with Crippen molar-refractivity contribution < 1.29 is 27.5 Å². The van der Waals surface area contributed by atoms with Gasteiger partial charge >= 0.3 is 5.97 Å². The molecule has 0 atom stereocenters. The number of sulfonamides is 1. The lowest BCUT2D eigenvalue weighted by molar-refractivity contribution is -0.119. The van der Waals surface area contributed by atoms with Gasteiger partial charge < -0.3 is 14.8 Å². The van der Waals surface area contributed by atoms with Crippen LogP contribution in [-0.2, 0) is 19.6 Å². The van der Waals surface area contributed by atoms with E-state index in [1.807, 2.05) is 0 Å². The highest BCUT2D eigenvalue weighted by atomic mass is 35.5. The second kappa shape index (κ2) is 9.25. The molecule has 0 saturated heterocycles. The van der Waals surface area contributed by atoms with Crippen molar-refractivity contribution in [1.29, 1.82) is 0 Å². The molecule has 0 heterocycles. The number of esters is 1. The summed E-state index contributed by atoms with van der Waals surface area (Å²) < 4.78 is 37.7. The van der Waals surface area contributed by atoms with Crippen LogP contribution in [-0.4, -0.2) is 40.1 Å². The van der Waals surface area contributed by atoms with Gasteiger partial charge in [-0.1, -0.05) is 17.7 Å². The van der Waals surface area contributed by atoms with Crippen molar-refractivity contribution in [3.63, 3.8) is 0 Å². The van der Waals surface area contributed by atoms with E-state index >= 15 is 0 Å². The Bertz CT molecular complexity index is 1130. The number of aryl methyl sites for hydroxylation is 2. The number of nitrogens with one attached hydrogen (secondary N) is 2. The highest BCUT2D eigenvalue weighted by Gasteiger charge is 2.28. The third-order valence-electron chi connectivity index (χ3n) is 4.73. The van der Waals surface area contributed by atoms with E-state index < -0.39 is 28.5 Å². The smallest absolute Gasteiger partial charge is 0.338 e. The monoisotopic (exact) mass is 466 g/mol. The summed E-state index contributed by atoms with van der Waals surface area (Å²) in [6, 6.07) is 7.37. The normalized spacial score (nSPS) is 13.5. The number of carbonyl (C=O) groups excluding carboxylic acids is 2. The van der Waals surface area contributed by atoms with Crippen LogP contribution in [0.4, 0.5) is 5.69 Å². The molecule has 1 amide bonds. The lowest BCUT2D eigenvalue weighted by Crippen LogP contribution is -2.26. The molecule has 1 aliphatic rings. The van der Waals surface area contributed by atoms with E-state index in [0.29, 0.717) is 22.0 Å². The zero-order valence-corrected chi connectivity index (χ0v) is 18.9. The first-order valence-electron chi connectivity index (χ1n) is 9.55. The van der Waals surface area contributed by atoms with Crippen LogP contribution in [0.3, 0.4) is 0 Å². The second-order valence-electron chi connectivity index (χ2n) is 7.30. The van der Waals surface area contributed by atoms with Gasteiger partial charge in [0, 0.05) is 17.1 Å². The van der Waals surface area contributed by atoms with Gasteiger partial charge in [0.15, 0.2) is 6.61 Å². The summed E-state index contributed by atoms with van der Waals surface area (Å²) in [5, 5.41) is 3.10. The molecule has 0 aliphatic heterocycles. The molecule has 8 nitrogen and oxygen atoms in total. The molecule has 10 heteroatoms. The molecule has 0 aromatic heterocycles. The summed E-state index contributed by atoms with van der Waals surface area (Å²) in [6.45, 7) is 2.88. The van der Waals surface area contributed by atoms with Crippen LogP contribution >= 0.6 is 11.6 Å². The van der Waals surface area contributed by atoms with E-state index in [0.717, 1.165) is 18.4 Å². The van der Waals surface area contributed by atoms with Crippen molar-refractivity contribution in [2.75, 3.05) is 19.0 Å². The van der Waals surface area contributed by atoms with Crippen molar-refractivity contribution in [3.05, 3.63) is 52.0 Å². The predicted molar refractivity (Wildman–Crippen MR) is 116 cm³/mol. The summed E-state index contributed by atoms with van der Waals surface area (Å²) in [5.41, 5.74) is 1.74. The van der Waals surface area contributed by atoms with E-state index in [-0.39, 0.29) is 16.5 Å². The molecule has 0 spiro atoms.